The molecule has 0 amide bonds. The molecule has 0 aliphatic carbocycles. The summed E-state index contributed by atoms with van der Waals surface area (Å²) in [5.41, 5.74) is 7.26. The predicted molar refractivity (Wildman–Crippen MR) is 291 cm³/mol. The summed E-state index contributed by atoms with van der Waals surface area (Å²) < 4.78 is 23.4. The van der Waals surface area contributed by atoms with Crippen molar-refractivity contribution in [3.63, 3.8) is 0 Å². The van der Waals surface area contributed by atoms with E-state index in [-0.39, 0.29) is 43.5 Å². The maximum absolute atomic E-state index is 13.3. The smallest absolute Gasteiger partial charge is 0.311 e. The summed E-state index contributed by atoms with van der Waals surface area (Å²) >= 11 is 0. The van der Waals surface area contributed by atoms with E-state index >= 15 is 0 Å². The van der Waals surface area contributed by atoms with Crippen molar-refractivity contribution in [1.82, 2.24) is 0 Å². The first-order valence-electron chi connectivity index (χ1n) is 27.0. The second-order valence-electron chi connectivity index (χ2n) is 21.0. The van der Waals surface area contributed by atoms with Crippen molar-refractivity contribution >= 4 is 29.2 Å². The van der Waals surface area contributed by atoms with Crippen molar-refractivity contribution in [3.05, 3.63) is 115 Å². The number of carbonyl (C=O) groups excluding carboxylic acids is 3. The van der Waals surface area contributed by atoms with E-state index in [1.807, 2.05) is 19.9 Å². The van der Waals surface area contributed by atoms with Crippen LogP contribution in [0.5, 0.6) is 0 Å². The van der Waals surface area contributed by atoms with E-state index in [4.69, 9.17) is 24.7 Å². The number of aliphatic hydroxyl groups excluding tert-OH is 9. The maximum Gasteiger partial charge on any atom is 0.311 e. The van der Waals surface area contributed by atoms with E-state index in [0.717, 1.165) is 5.69 Å². The molecule has 21 nitrogen and oxygen atoms in total. The van der Waals surface area contributed by atoms with Crippen molar-refractivity contribution in [2.45, 2.75) is 182 Å². The molecule has 2 saturated heterocycles. The van der Waals surface area contributed by atoms with E-state index in [1.54, 1.807) is 104 Å². The molecule has 12 unspecified atom stereocenters. The van der Waals surface area contributed by atoms with Gasteiger partial charge in [-0.15, -0.1) is 0 Å². The van der Waals surface area contributed by atoms with Gasteiger partial charge in [0.2, 0.25) is 0 Å². The molecule has 0 spiro atoms. The number of rotatable bonds is 11. The van der Waals surface area contributed by atoms with Gasteiger partial charge in [0.1, 0.15) is 23.9 Å². The molecule has 0 saturated carbocycles. The van der Waals surface area contributed by atoms with E-state index in [2.05, 4.69) is 5.32 Å². The minimum absolute atomic E-state index is 0.105. The number of carboxylic acid groups (broad SMARTS) is 1. The van der Waals surface area contributed by atoms with Gasteiger partial charge in [-0.1, -0.05) is 98.9 Å². The van der Waals surface area contributed by atoms with E-state index in [1.165, 1.54) is 6.08 Å². The lowest BCUT2D eigenvalue weighted by molar-refractivity contribution is -0.305. The number of ketones is 2. The molecular formula is C58H84N2O19. The number of aliphatic carboxylic acids is 1. The van der Waals surface area contributed by atoms with Crippen LogP contribution in [0.25, 0.3) is 0 Å². The van der Waals surface area contributed by atoms with E-state index in [9.17, 15) is 75.3 Å². The van der Waals surface area contributed by atoms with Crippen LogP contribution < -0.4 is 11.1 Å². The molecule has 2 fully saturated rings. The highest BCUT2D eigenvalue weighted by Crippen LogP contribution is 2.38. The highest BCUT2D eigenvalue weighted by Gasteiger charge is 2.50. The van der Waals surface area contributed by atoms with Crippen LogP contribution >= 0.6 is 0 Å². The van der Waals surface area contributed by atoms with Gasteiger partial charge < -0.3 is 86.2 Å². The summed E-state index contributed by atoms with van der Waals surface area (Å²) in [6, 6.07) is 5.76. The Hall–Kier alpha value is -5.08. The fraction of sp³-hybridized carbons (Fsp3) is 0.586. The molecule has 79 heavy (non-hydrogen) atoms. The number of carboxylic acids is 1. The lowest BCUT2D eigenvalue weighted by Gasteiger charge is -2.45. The first-order chi connectivity index (χ1) is 37.5. The molecule has 0 aromatic heterocycles. The number of cyclic esters (lactones) is 1. The fourth-order valence-electron chi connectivity index (χ4n) is 9.81. The Kier molecular flexibility index (Phi) is 28.3. The second-order valence-corrected chi connectivity index (χ2v) is 21.0. The van der Waals surface area contributed by atoms with Gasteiger partial charge >= 0.3 is 11.9 Å². The summed E-state index contributed by atoms with van der Waals surface area (Å²) in [7, 11) is 1.76. The first-order valence-corrected chi connectivity index (χ1v) is 27.0. The van der Waals surface area contributed by atoms with Crippen molar-refractivity contribution in [2.75, 3.05) is 19.0 Å². The Balaban J connectivity index is 1.52. The third-order valence-electron chi connectivity index (χ3n) is 14.0. The molecule has 1 aromatic rings. The Morgan fingerprint density at radius 3 is 1.89 bits per heavy atom. The molecule has 440 valence electrons. The molecule has 3 heterocycles. The van der Waals surface area contributed by atoms with Crippen LogP contribution in [-0.4, -0.2) is 185 Å². The first kappa shape index (κ1) is 66.4. The van der Waals surface area contributed by atoms with Gasteiger partial charge in [-0.05, 0) is 62.3 Å². The summed E-state index contributed by atoms with van der Waals surface area (Å²) in [5, 5.41) is 122. The summed E-state index contributed by atoms with van der Waals surface area (Å²) in [4.78, 5) is 51.7. The van der Waals surface area contributed by atoms with Crippen molar-refractivity contribution in [2.24, 2.45) is 23.5 Å². The van der Waals surface area contributed by atoms with Crippen LogP contribution in [0, 0.1) is 17.8 Å². The predicted octanol–water partition coefficient (Wildman–Crippen LogP) is 2.36. The van der Waals surface area contributed by atoms with Crippen molar-refractivity contribution in [3.8, 4) is 0 Å². The van der Waals surface area contributed by atoms with Crippen molar-refractivity contribution in [1.29, 1.82) is 0 Å². The van der Waals surface area contributed by atoms with Crippen LogP contribution in [0.3, 0.4) is 0 Å². The third kappa shape index (κ3) is 23.5. The van der Waals surface area contributed by atoms with Gasteiger partial charge in [0, 0.05) is 62.7 Å². The number of Topliss-reactive ketones (excluding diaryl/α,β-unsaturated/α-hetero) is 2. The minimum atomic E-state index is -2.34. The second kappa shape index (κ2) is 33.6. The third-order valence-corrected chi connectivity index (χ3v) is 14.0. The molecule has 14 N–H and O–H groups in total. The number of anilines is 1. The van der Waals surface area contributed by atoms with E-state index < -0.39 is 166 Å². The standard InChI is InChI=1S/C58H84N2O19/c1-35-16-14-12-10-8-6-4-5-7-9-11-13-15-17-46(77-57-54(72)53(59)49(70)34-76-57)31-50-52(56(73)74)48(69)33-58(75,79-50)32-45(67)28-43(65)26-41(63)24-40(62)25-42(64)27-44(66)30-51(71)78-55(35)36(2)18-23-39(61)29-47(68)37-19-21-38(60-3)22-20-37/h4-17,19-22,35-36,39-41,43-46,48-50,52-55,57,60-63,65-67,69-70,72,75H,18,23-34,59H2,1-3H3,(H,73,74)/b5-4-,8-6-,9-7+,12-10+,13-11+,16-14+,17-15+/t35-,36-,39?,40?,41?,43?,44+,45?,46?,48-,49?,50-,52?,53-,54?,55?,57?,58?/m0/s1. The quantitative estimate of drug-likeness (QED) is 0.112. The van der Waals surface area contributed by atoms with Crippen LogP contribution in [0.15, 0.2) is 109 Å². The number of hydrogen-bond donors (Lipinski definition) is 13. The van der Waals surface area contributed by atoms with Crippen LogP contribution in [0.2, 0.25) is 0 Å². The summed E-state index contributed by atoms with van der Waals surface area (Å²) in [6.45, 7) is 3.41. The molecular weight excluding hydrogens is 1030 g/mol. The highest BCUT2D eigenvalue weighted by atomic mass is 16.7. The summed E-state index contributed by atoms with van der Waals surface area (Å²) in [6.07, 6.45) is 2.83. The van der Waals surface area contributed by atoms with Crippen LogP contribution in [0.4, 0.5) is 5.69 Å². The van der Waals surface area contributed by atoms with Gasteiger partial charge in [0.05, 0.1) is 80.1 Å². The number of fused-ring (bicyclic) bond motifs is 2. The lowest BCUT2D eigenvalue weighted by Crippen LogP contribution is -2.59. The van der Waals surface area contributed by atoms with Gasteiger partial charge in [-0.2, -0.15) is 0 Å². The number of nitrogens with one attached hydrogen (secondary N) is 1. The minimum Gasteiger partial charge on any atom is -0.481 e. The molecule has 21 heteroatoms. The Labute approximate surface area is 461 Å². The molecule has 0 radical (unpaired) electrons. The van der Waals surface area contributed by atoms with Gasteiger partial charge in [-0.25, -0.2) is 0 Å². The molecule has 2 bridgehead atoms. The maximum atomic E-state index is 13.3. The average molecular weight is 1110 g/mol. The number of hydrogen-bond acceptors (Lipinski definition) is 20. The van der Waals surface area contributed by atoms with Crippen LogP contribution in [0.1, 0.15) is 101 Å². The molecule has 1 aromatic carbocycles. The number of esters is 1. The van der Waals surface area contributed by atoms with Crippen LogP contribution in [-0.2, 0) is 33.3 Å². The zero-order valence-corrected chi connectivity index (χ0v) is 45.2. The zero-order valence-electron chi connectivity index (χ0n) is 45.2. The Morgan fingerprint density at radius 1 is 0.734 bits per heavy atom. The topological polar surface area (TPSA) is 366 Å². The largest absolute Gasteiger partial charge is 0.481 e. The number of carbonyl (C=O) groups is 4. The number of allylic oxidation sites excluding steroid dienone is 12. The fourth-order valence-corrected chi connectivity index (χ4v) is 9.81. The molecule has 18 atom stereocenters. The lowest BCUT2D eigenvalue weighted by atomic mass is 9.82. The highest BCUT2D eigenvalue weighted by molar-refractivity contribution is 5.96. The zero-order chi connectivity index (χ0) is 58.2. The van der Waals surface area contributed by atoms with Gasteiger partial charge in [-0.3, -0.25) is 19.2 Å². The van der Waals surface area contributed by atoms with Crippen molar-refractivity contribution < 1.29 is 94.3 Å². The SMILES string of the molecule is CNc1ccc(C(=O)CC(O)CC[C@H](C)C2OC(=O)C[C@H](O)CC(=O)CC(O)CC(O)CC(O)CC(O)CC3(O)C[C@H](O)C(C(=O)O)[C@H](CC(OC4OCC(O)[C@H](N)C4O)/C=C/C=C/C=C/C=C\C=C/C=C/C=C/[C@@H]2C)O3)cc1. The van der Waals surface area contributed by atoms with Gasteiger partial charge in [0.15, 0.2) is 17.9 Å². The van der Waals surface area contributed by atoms with E-state index in [0.29, 0.717) is 12.0 Å². The molecule has 4 rings (SSSR count). The number of nitrogens with two attached hydrogens (primary N) is 1. The molecule has 3 aliphatic heterocycles. The molecule has 3 aliphatic rings. The Bertz CT molecular complexity index is 2270. The average Bonchev–Trinajstić information content (AvgIpc) is 3.36. The normalized spacial score (nSPS) is 37.4. The van der Waals surface area contributed by atoms with Gasteiger partial charge in [0.25, 0.3) is 0 Å². The number of benzene rings is 1. The number of aliphatic hydroxyl groups is 10. The monoisotopic (exact) mass is 1110 g/mol. The Morgan fingerprint density at radius 2 is 1.29 bits per heavy atom. The number of ether oxygens (including phenoxy) is 4. The summed E-state index contributed by atoms with van der Waals surface area (Å²) in [5.74, 6) is -7.73.